The molecule has 0 saturated carbocycles. The minimum Gasteiger partial charge on any atom is -0.493 e. The quantitative estimate of drug-likeness (QED) is 0.826. The van der Waals surface area contributed by atoms with Crippen LogP contribution >= 0.6 is 0 Å². The molecule has 0 bridgehead atoms. The second-order valence-corrected chi connectivity index (χ2v) is 4.87. The lowest BCUT2D eigenvalue weighted by Crippen LogP contribution is -2.36. The normalized spacial score (nSPS) is 21.6. The lowest BCUT2D eigenvalue weighted by molar-refractivity contribution is 0.149. The Balaban J connectivity index is 2.47. The van der Waals surface area contributed by atoms with E-state index in [1.54, 1.807) is 7.11 Å². The average molecular weight is 251 g/mol. The largest absolute Gasteiger partial charge is 0.493 e. The van der Waals surface area contributed by atoms with Gasteiger partial charge in [0.1, 0.15) is 6.61 Å². The molecule has 1 aliphatic rings. The van der Waals surface area contributed by atoms with Crippen molar-refractivity contribution in [3.8, 4) is 11.5 Å². The van der Waals surface area contributed by atoms with Gasteiger partial charge in [0.25, 0.3) is 0 Å². The summed E-state index contributed by atoms with van der Waals surface area (Å²) in [4.78, 5) is 0. The van der Waals surface area contributed by atoms with Gasteiger partial charge in [-0.15, -0.1) is 0 Å². The van der Waals surface area contributed by atoms with Gasteiger partial charge in [0.05, 0.1) is 19.1 Å². The summed E-state index contributed by atoms with van der Waals surface area (Å²) in [6.07, 6.45) is 0.848. The molecule has 0 radical (unpaired) electrons. The molecule has 0 aliphatic carbocycles. The van der Waals surface area contributed by atoms with Crippen LogP contribution in [0.2, 0.25) is 0 Å². The number of aliphatic hydroxyl groups excluding tert-OH is 1. The van der Waals surface area contributed by atoms with Crippen LogP contribution in [0.25, 0.3) is 0 Å². The summed E-state index contributed by atoms with van der Waals surface area (Å²) in [5.41, 5.74) is 1.94. The van der Waals surface area contributed by atoms with Gasteiger partial charge in [0.15, 0.2) is 11.5 Å². The number of methoxy groups -OCH3 is 1. The molecule has 1 heterocycles. The fourth-order valence-corrected chi connectivity index (χ4v) is 2.67. The zero-order valence-electron chi connectivity index (χ0n) is 11.2. The van der Waals surface area contributed by atoms with Crippen LogP contribution in [0.15, 0.2) is 12.1 Å². The average Bonchev–Trinajstić information content (AvgIpc) is 2.78. The molecular weight excluding hydrogens is 230 g/mol. The SMILES string of the molecule is CNCC[C@@]1(CO)COc2c(OC)ccc(C)c21. The highest BCUT2D eigenvalue weighted by molar-refractivity contribution is 5.56. The van der Waals surface area contributed by atoms with E-state index in [4.69, 9.17) is 9.47 Å². The third kappa shape index (κ3) is 1.95. The number of rotatable bonds is 5. The highest BCUT2D eigenvalue weighted by atomic mass is 16.5. The molecule has 0 saturated heterocycles. The van der Waals surface area contributed by atoms with Crippen molar-refractivity contribution in [3.63, 3.8) is 0 Å². The molecule has 2 N–H and O–H groups in total. The number of benzene rings is 1. The van der Waals surface area contributed by atoms with Crippen molar-refractivity contribution < 1.29 is 14.6 Å². The van der Waals surface area contributed by atoms with Gasteiger partial charge >= 0.3 is 0 Å². The highest BCUT2D eigenvalue weighted by Gasteiger charge is 2.42. The van der Waals surface area contributed by atoms with Crippen LogP contribution < -0.4 is 14.8 Å². The highest BCUT2D eigenvalue weighted by Crippen LogP contribution is 2.47. The number of nitrogens with one attached hydrogen (secondary N) is 1. The minimum atomic E-state index is -0.309. The molecule has 0 spiro atoms. The Labute approximate surface area is 108 Å². The Kier molecular flexibility index (Phi) is 3.78. The molecule has 1 atom stereocenters. The van der Waals surface area contributed by atoms with Crippen LogP contribution in [0.5, 0.6) is 11.5 Å². The van der Waals surface area contributed by atoms with Crippen molar-refractivity contribution in [3.05, 3.63) is 23.3 Å². The second kappa shape index (κ2) is 5.16. The van der Waals surface area contributed by atoms with E-state index in [-0.39, 0.29) is 12.0 Å². The number of aliphatic hydroxyl groups is 1. The summed E-state index contributed by atoms with van der Waals surface area (Å²) in [6.45, 7) is 3.51. The second-order valence-electron chi connectivity index (χ2n) is 4.87. The maximum Gasteiger partial charge on any atom is 0.165 e. The summed E-state index contributed by atoms with van der Waals surface area (Å²) in [6, 6.07) is 3.94. The standard InChI is InChI=1S/C14H21NO3/c1-10-4-5-11(17-3)13-12(10)14(8-16,9-18-13)6-7-15-2/h4-5,15-16H,6-9H2,1-3H3/t14-/m1/s1. The van der Waals surface area contributed by atoms with E-state index in [1.807, 2.05) is 19.2 Å². The fourth-order valence-electron chi connectivity index (χ4n) is 2.67. The van der Waals surface area contributed by atoms with E-state index < -0.39 is 0 Å². The summed E-state index contributed by atoms with van der Waals surface area (Å²) in [5, 5.41) is 13.0. The van der Waals surface area contributed by atoms with Gasteiger partial charge in [0, 0.05) is 5.56 Å². The predicted octanol–water partition coefficient (Wildman–Crippen LogP) is 1.24. The van der Waals surface area contributed by atoms with Crippen molar-refractivity contribution in [2.24, 2.45) is 0 Å². The predicted molar refractivity (Wildman–Crippen MR) is 70.5 cm³/mol. The first kappa shape index (κ1) is 13.2. The first-order valence-electron chi connectivity index (χ1n) is 6.25. The van der Waals surface area contributed by atoms with E-state index in [0.717, 1.165) is 35.6 Å². The monoisotopic (exact) mass is 251 g/mol. The van der Waals surface area contributed by atoms with Crippen molar-refractivity contribution in [2.45, 2.75) is 18.8 Å². The maximum absolute atomic E-state index is 9.83. The van der Waals surface area contributed by atoms with Crippen molar-refractivity contribution in [1.29, 1.82) is 0 Å². The number of hydrogen-bond acceptors (Lipinski definition) is 4. The Bertz CT molecular complexity index is 433. The summed E-state index contributed by atoms with van der Waals surface area (Å²) in [5.74, 6) is 1.54. The third-order valence-electron chi connectivity index (χ3n) is 3.73. The van der Waals surface area contributed by atoms with Gasteiger partial charge in [-0.25, -0.2) is 0 Å². The van der Waals surface area contributed by atoms with Gasteiger partial charge < -0.3 is 19.9 Å². The van der Waals surface area contributed by atoms with Crippen LogP contribution in [-0.4, -0.2) is 39.0 Å². The molecule has 0 aromatic heterocycles. The van der Waals surface area contributed by atoms with E-state index in [2.05, 4.69) is 12.2 Å². The minimum absolute atomic E-state index is 0.0929. The number of fused-ring (bicyclic) bond motifs is 1. The molecule has 0 fully saturated rings. The van der Waals surface area contributed by atoms with E-state index in [0.29, 0.717) is 6.61 Å². The molecule has 1 aliphatic heterocycles. The van der Waals surface area contributed by atoms with Crippen molar-refractivity contribution in [1.82, 2.24) is 5.32 Å². The van der Waals surface area contributed by atoms with Gasteiger partial charge in [-0.2, -0.15) is 0 Å². The Morgan fingerprint density at radius 1 is 1.50 bits per heavy atom. The van der Waals surface area contributed by atoms with E-state index in [1.165, 1.54) is 0 Å². The van der Waals surface area contributed by atoms with Crippen LogP contribution in [0.4, 0.5) is 0 Å². The Hall–Kier alpha value is -1.26. The summed E-state index contributed by atoms with van der Waals surface area (Å²) < 4.78 is 11.1. The van der Waals surface area contributed by atoms with E-state index >= 15 is 0 Å². The summed E-state index contributed by atoms with van der Waals surface area (Å²) in [7, 11) is 3.56. The molecule has 18 heavy (non-hydrogen) atoms. The molecule has 2 rings (SSSR count). The maximum atomic E-state index is 9.83. The van der Waals surface area contributed by atoms with Crippen LogP contribution in [0, 0.1) is 6.92 Å². The smallest absolute Gasteiger partial charge is 0.165 e. The molecule has 0 amide bonds. The lowest BCUT2D eigenvalue weighted by atomic mass is 9.78. The number of ether oxygens (including phenoxy) is 2. The Morgan fingerprint density at radius 3 is 2.89 bits per heavy atom. The zero-order chi connectivity index (χ0) is 13.2. The molecular formula is C14H21NO3. The molecule has 1 aromatic rings. The molecule has 1 aromatic carbocycles. The van der Waals surface area contributed by atoms with Gasteiger partial charge in [-0.1, -0.05) is 6.07 Å². The van der Waals surface area contributed by atoms with Crippen LogP contribution in [0.3, 0.4) is 0 Å². The fraction of sp³-hybridized carbons (Fsp3) is 0.571. The van der Waals surface area contributed by atoms with Gasteiger partial charge in [0.2, 0.25) is 0 Å². The van der Waals surface area contributed by atoms with Crippen LogP contribution in [0.1, 0.15) is 17.5 Å². The van der Waals surface area contributed by atoms with Crippen molar-refractivity contribution in [2.75, 3.05) is 33.9 Å². The first-order valence-corrected chi connectivity index (χ1v) is 6.25. The number of hydrogen-bond donors (Lipinski definition) is 2. The zero-order valence-corrected chi connectivity index (χ0v) is 11.2. The van der Waals surface area contributed by atoms with Gasteiger partial charge in [-0.05, 0) is 38.6 Å². The topological polar surface area (TPSA) is 50.7 Å². The van der Waals surface area contributed by atoms with E-state index in [9.17, 15) is 5.11 Å². The van der Waals surface area contributed by atoms with Crippen LogP contribution in [-0.2, 0) is 5.41 Å². The molecule has 0 unspecified atom stereocenters. The molecule has 4 heteroatoms. The van der Waals surface area contributed by atoms with Gasteiger partial charge in [-0.3, -0.25) is 0 Å². The van der Waals surface area contributed by atoms with Crippen molar-refractivity contribution >= 4 is 0 Å². The lowest BCUT2D eigenvalue weighted by Gasteiger charge is -2.26. The molecule has 100 valence electrons. The number of aryl methyl sites for hydroxylation is 1. The first-order chi connectivity index (χ1) is 8.68. The molecule has 4 nitrogen and oxygen atoms in total. The summed E-state index contributed by atoms with van der Waals surface area (Å²) >= 11 is 0. The third-order valence-corrected chi connectivity index (χ3v) is 3.73. The Morgan fingerprint density at radius 2 is 2.28 bits per heavy atom.